The summed E-state index contributed by atoms with van der Waals surface area (Å²) in [5.74, 6) is -0.348. The van der Waals surface area contributed by atoms with Gasteiger partial charge in [0, 0.05) is 12.0 Å². The van der Waals surface area contributed by atoms with Gasteiger partial charge < -0.3 is 5.11 Å². The van der Waals surface area contributed by atoms with Crippen molar-refractivity contribution in [1.82, 2.24) is 0 Å². The summed E-state index contributed by atoms with van der Waals surface area (Å²) in [7, 11) is 0. The lowest BCUT2D eigenvalue weighted by atomic mass is 9.96. The van der Waals surface area contributed by atoms with Gasteiger partial charge in [0.1, 0.15) is 11.6 Å². The normalized spacial score (nSPS) is 10.0. The van der Waals surface area contributed by atoms with Crippen molar-refractivity contribution in [3.63, 3.8) is 0 Å². The Balaban J connectivity index is 2.50. The molecule has 0 aliphatic rings. The molecule has 0 saturated carbocycles. The van der Waals surface area contributed by atoms with Gasteiger partial charge in [-0.25, -0.2) is 4.39 Å². The third-order valence-electron chi connectivity index (χ3n) is 2.76. The van der Waals surface area contributed by atoms with E-state index in [2.05, 4.69) is 6.07 Å². The summed E-state index contributed by atoms with van der Waals surface area (Å²) in [5, 5.41) is 18.1. The molecular formula is C15H12FNO. The molecule has 3 heteroatoms. The first-order chi connectivity index (χ1) is 8.72. The van der Waals surface area contributed by atoms with E-state index < -0.39 is 0 Å². The molecule has 0 heterocycles. The van der Waals surface area contributed by atoms with Gasteiger partial charge in [0.25, 0.3) is 0 Å². The molecule has 0 amide bonds. The molecule has 90 valence electrons. The maximum absolute atomic E-state index is 13.8. The first-order valence-corrected chi connectivity index (χ1v) is 5.66. The van der Waals surface area contributed by atoms with E-state index in [1.807, 2.05) is 18.2 Å². The predicted molar refractivity (Wildman–Crippen MR) is 67.4 cm³/mol. The van der Waals surface area contributed by atoms with Crippen molar-refractivity contribution in [1.29, 1.82) is 5.26 Å². The Morgan fingerprint density at radius 1 is 1.11 bits per heavy atom. The minimum Gasteiger partial charge on any atom is -0.508 e. The van der Waals surface area contributed by atoms with Crippen LogP contribution in [0, 0.1) is 17.1 Å². The average molecular weight is 241 g/mol. The summed E-state index contributed by atoms with van der Waals surface area (Å²) < 4.78 is 13.8. The number of hydrogen-bond acceptors (Lipinski definition) is 2. The SMILES string of the molecule is N#CCCc1ccccc1-c1cc(O)ccc1F. The molecule has 0 fully saturated rings. The van der Waals surface area contributed by atoms with Crippen LogP contribution in [-0.2, 0) is 6.42 Å². The molecule has 1 N–H and O–H groups in total. The lowest BCUT2D eigenvalue weighted by molar-refractivity contribution is 0.473. The van der Waals surface area contributed by atoms with Crippen molar-refractivity contribution in [2.24, 2.45) is 0 Å². The van der Waals surface area contributed by atoms with Crippen LogP contribution < -0.4 is 0 Å². The van der Waals surface area contributed by atoms with Gasteiger partial charge >= 0.3 is 0 Å². The molecule has 0 atom stereocenters. The summed E-state index contributed by atoms with van der Waals surface area (Å²) in [4.78, 5) is 0. The lowest BCUT2D eigenvalue weighted by Crippen LogP contribution is -1.92. The summed E-state index contributed by atoms with van der Waals surface area (Å²) in [5.41, 5.74) is 1.99. The third kappa shape index (κ3) is 2.49. The van der Waals surface area contributed by atoms with Gasteiger partial charge in [-0.05, 0) is 35.7 Å². The van der Waals surface area contributed by atoms with Crippen LogP contribution in [0.3, 0.4) is 0 Å². The van der Waals surface area contributed by atoms with Crippen molar-refractivity contribution in [3.8, 4) is 22.9 Å². The second-order valence-corrected chi connectivity index (χ2v) is 3.98. The molecule has 0 spiro atoms. The minimum absolute atomic E-state index is 0.0292. The fourth-order valence-electron chi connectivity index (χ4n) is 1.91. The molecule has 0 aliphatic heterocycles. The molecule has 0 aromatic heterocycles. The number of hydrogen-bond donors (Lipinski definition) is 1. The summed E-state index contributed by atoms with van der Waals surface area (Å²) in [6.45, 7) is 0. The zero-order valence-electron chi connectivity index (χ0n) is 9.73. The molecule has 0 aliphatic carbocycles. The predicted octanol–water partition coefficient (Wildman–Crippen LogP) is 3.65. The second-order valence-electron chi connectivity index (χ2n) is 3.98. The fraction of sp³-hybridized carbons (Fsp3) is 0.133. The van der Waals surface area contributed by atoms with Crippen LogP contribution in [0.25, 0.3) is 11.1 Å². The third-order valence-corrected chi connectivity index (χ3v) is 2.76. The Bertz CT molecular complexity index is 602. The van der Waals surface area contributed by atoms with E-state index in [0.717, 1.165) is 11.1 Å². The van der Waals surface area contributed by atoms with Crippen molar-refractivity contribution in [2.45, 2.75) is 12.8 Å². The number of nitriles is 1. The topological polar surface area (TPSA) is 44.0 Å². The molecule has 0 radical (unpaired) electrons. The van der Waals surface area contributed by atoms with Crippen LogP contribution in [-0.4, -0.2) is 5.11 Å². The van der Waals surface area contributed by atoms with E-state index in [1.54, 1.807) is 6.07 Å². The summed E-state index contributed by atoms with van der Waals surface area (Å²) >= 11 is 0. The molecule has 18 heavy (non-hydrogen) atoms. The van der Waals surface area contributed by atoms with Crippen LogP contribution in [0.15, 0.2) is 42.5 Å². The highest BCUT2D eigenvalue weighted by molar-refractivity contribution is 5.69. The highest BCUT2D eigenvalue weighted by Crippen LogP contribution is 2.29. The van der Waals surface area contributed by atoms with Gasteiger partial charge in [0.05, 0.1) is 6.07 Å². The van der Waals surface area contributed by atoms with Crippen molar-refractivity contribution in [2.75, 3.05) is 0 Å². The molecule has 2 rings (SSSR count). The van der Waals surface area contributed by atoms with Crippen molar-refractivity contribution in [3.05, 3.63) is 53.8 Å². The number of nitrogens with zero attached hydrogens (tertiary/aromatic N) is 1. The van der Waals surface area contributed by atoms with E-state index in [9.17, 15) is 9.50 Å². The molecule has 2 aromatic rings. The Morgan fingerprint density at radius 3 is 2.67 bits per heavy atom. The van der Waals surface area contributed by atoms with Crippen molar-refractivity contribution < 1.29 is 9.50 Å². The average Bonchev–Trinajstić information content (AvgIpc) is 2.39. The van der Waals surface area contributed by atoms with Crippen LogP contribution in [0.1, 0.15) is 12.0 Å². The fourth-order valence-corrected chi connectivity index (χ4v) is 1.91. The quantitative estimate of drug-likeness (QED) is 0.891. The van der Waals surface area contributed by atoms with Gasteiger partial charge in [-0.2, -0.15) is 5.26 Å². The van der Waals surface area contributed by atoms with Gasteiger partial charge in [-0.15, -0.1) is 0 Å². The van der Waals surface area contributed by atoms with E-state index in [4.69, 9.17) is 5.26 Å². The van der Waals surface area contributed by atoms with Crippen molar-refractivity contribution >= 4 is 0 Å². The van der Waals surface area contributed by atoms with Gasteiger partial charge in [0.15, 0.2) is 0 Å². The maximum atomic E-state index is 13.8. The molecule has 2 nitrogen and oxygen atoms in total. The Kier molecular flexibility index (Phi) is 3.59. The lowest BCUT2D eigenvalue weighted by Gasteiger charge is -2.09. The minimum atomic E-state index is -0.378. The molecular weight excluding hydrogens is 229 g/mol. The highest BCUT2D eigenvalue weighted by Gasteiger charge is 2.10. The smallest absolute Gasteiger partial charge is 0.131 e. The number of rotatable bonds is 3. The molecule has 2 aromatic carbocycles. The first-order valence-electron chi connectivity index (χ1n) is 5.66. The Labute approximate surface area is 105 Å². The zero-order valence-corrected chi connectivity index (χ0v) is 9.73. The number of halogens is 1. The zero-order chi connectivity index (χ0) is 13.0. The molecule has 0 unspecified atom stereocenters. The van der Waals surface area contributed by atoms with Crippen LogP contribution in [0.5, 0.6) is 5.75 Å². The molecule has 0 saturated heterocycles. The van der Waals surface area contributed by atoms with Gasteiger partial charge in [-0.3, -0.25) is 0 Å². The van der Waals surface area contributed by atoms with E-state index in [1.165, 1.54) is 18.2 Å². The maximum Gasteiger partial charge on any atom is 0.131 e. The number of phenols is 1. The van der Waals surface area contributed by atoms with E-state index in [-0.39, 0.29) is 11.6 Å². The monoisotopic (exact) mass is 241 g/mol. The second kappa shape index (κ2) is 5.33. The summed E-state index contributed by atoms with van der Waals surface area (Å²) in [6.07, 6.45) is 0.958. The number of phenolic OH excluding ortho intramolecular Hbond substituents is 1. The first kappa shape index (κ1) is 12.1. The van der Waals surface area contributed by atoms with E-state index >= 15 is 0 Å². The standard InChI is InChI=1S/C15H12FNO/c16-15-8-7-12(18)10-14(15)13-6-2-1-4-11(13)5-3-9-17/h1-2,4,6-8,10,18H,3,5H2. The number of benzene rings is 2. The molecule has 0 bridgehead atoms. The largest absolute Gasteiger partial charge is 0.508 e. The van der Waals surface area contributed by atoms with Gasteiger partial charge in [0.2, 0.25) is 0 Å². The number of aromatic hydroxyl groups is 1. The number of aryl methyl sites for hydroxylation is 1. The van der Waals surface area contributed by atoms with Gasteiger partial charge in [-0.1, -0.05) is 24.3 Å². The Morgan fingerprint density at radius 2 is 1.89 bits per heavy atom. The van der Waals surface area contributed by atoms with E-state index in [0.29, 0.717) is 18.4 Å². The highest BCUT2D eigenvalue weighted by atomic mass is 19.1. The van der Waals surface area contributed by atoms with Crippen LogP contribution >= 0.6 is 0 Å². The summed E-state index contributed by atoms with van der Waals surface area (Å²) in [6, 6.07) is 13.4. The van der Waals surface area contributed by atoms with Crippen LogP contribution in [0.4, 0.5) is 4.39 Å². The van der Waals surface area contributed by atoms with Crippen LogP contribution in [0.2, 0.25) is 0 Å². The Hall–Kier alpha value is -2.34.